The highest BCUT2D eigenvalue weighted by atomic mass is 16.1. The van der Waals surface area contributed by atoms with Crippen LogP contribution in [0.1, 0.15) is 40.9 Å². The van der Waals surface area contributed by atoms with Crippen molar-refractivity contribution in [3.05, 3.63) is 59.3 Å². The van der Waals surface area contributed by atoms with Gasteiger partial charge in [-0.2, -0.15) is 0 Å². The molecule has 0 aliphatic carbocycles. The third-order valence-corrected chi connectivity index (χ3v) is 5.19. The van der Waals surface area contributed by atoms with Gasteiger partial charge in [0, 0.05) is 18.8 Å². The third kappa shape index (κ3) is 3.63. The fourth-order valence-corrected chi connectivity index (χ4v) is 3.48. The van der Waals surface area contributed by atoms with Gasteiger partial charge < -0.3 is 10.2 Å². The predicted molar refractivity (Wildman–Crippen MR) is 109 cm³/mol. The number of aryl methyl sites for hydroxylation is 2. The van der Waals surface area contributed by atoms with Crippen molar-refractivity contribution < 1.29 is 4.79 Å². The molecule has 0 saturated carbocycles. The molecule has 1 aliphatic heterocycles. The second-order valence-electron chi connectivity index (χ2n) is 7.19. The molecule has 0 radical (unpaired) electrons. The zero-order chi connectivity index (χ0) is 18.8. The molecule has 2 heterocycles. The molecule has 5 nitrogen and oxygen atoms in total. The van der Waals surface area contributed by atoms with Gasteiger partial charge in [0.15, 0.2) is 11.5 Å². The van der Waals surface area contributed by atoms with E-state index in [-0.39, 0.29) is 5.91 Å². The first-order chi connectivity index (χ1) is 13.1. The lowest BCUT2D eigenvalue weighted by Gasteiger charge is -2.29. The second kappa shape index (κ2) is 7.35. The van der Waals surface area contributed by atoms with E-state index in [9.17, 15) is 4.79 Å². The van der Waals surface area contributed by atoms with Gasteiger partial charge in [0.2, 0.25) is 0 Å². The Labute approximate surface area is 159 Å². The second-order valence-corrected chi connectivity index (χ2v) is 7.19. The molecule has 1 saturated heterocycles. The smallest absolute Gasteiger partial charge is 0.278 e. The van der Waals surface area contributed by atoms with Gasteiger partial charge in [0.25, 0.3) is 5.91 Å². The van der Waals surface area contributed by atoms with E-state index in [0.29, 0.717) is 11.5 Å². The lowest BCUT2D eigenvalue weighted by Crippen LogP contribution is -2.33. The number of para-hydroxylation sites is 2. The first-order valence-electron chi connectivity index (χ1n) is 9.52. The largest absolute Gasteiger partial charge is 0.355 e. The number of carbonyl (C=O) groups excluding carboxylic acids is 1. The summed E-state index contributed by atoms with van der Waals surface area (Å²) in [5.74, 6) is 0.479. The van der Waals surface area contributed by atoms with Crippen molar-refractivity contribution in [3.8, 4) is 0 Å². The quantitative estimate of drug-likeness (QED) is 0.748. The van der Waals surface area contributed by atoms with Gasteiger partial charge in [-0.1, -0.05) is 18.2 Å². The molecule has 27 heavy (non-hydrogen) atoms. The Morgan fingerprint density at radius 3 is 2.33 bits per heavy atom. The Balaban J connectivity index is 1.73. The predicted octanol–water partition coefficient (Wildman–Crippen LogP) is 4.49. The number of fused-ring (bicyclic) bond motifs is 1. The summed E-state index contributed by atoms with van der Waals surface area (Å²) in [6.45, 7) is 5.93. The number of aromatic nitrogens is 2. The number of amides is 1. The van der Waals surface area contributed by atoms with E-state index in [1.165, 1.54) is 12.0 Å². The molecule has 1 amide bonds. The van der Waals surface area contributed by atoms with Gasteiger partial charge in [0.1, 0.15) is 0 Å². The number of hydrogen-bond donors (Lipinski definition) is 1. The Kier molecular flexibility index (Phi) is 4.75. The van der Waals surface area contributed by atoms with Gasteiger partial charge in [-0.15, -0.1) is 0 Å². The average Bonchev–Trinajstić information content (AvgIpc) is 2.70. The first kappa shape index (κ1) is 17.5. The van der Waals surface area contributed by atoms with Crippen molar-refractivity contribution in [1.82, 2.24) is 9.97 Å². The number of nitrogens with zero attached hydrogens (tertiary/aromatic N) is 3. The van der Waals surface area contributed by atoms with Crippen LogP contribution in [-0.4, -0.2) is 29.0 Å². The van der Waals surface area contributed by atoms with E-state index < -0.39 is 0 Å². The number of hydrogen-bond acceptors (Lipinski definition) is 4. The lowest BCUT2D eigenvalue weighted by molar-refractivity contribution is 0.102. The van der Waals surface area contributed by atoms with Gasteiger partial charge in [0.05, 0.1) is 11.0 Å². The van der Waals surface area contributed by atoms with Crippen LogP contribution in [0.3, 0.4) is 0 Å². The number of nitrogens with one attached hydrogen (secondary N) is 1. The molecule has 0 bridgehead atoms. The molecule has 1 N–H and O–H groups in total. The molecule has 5 heteroatoms. The van der Waals surface area contributed by atoms with Gasteiger partial charge >= 0.3 is 0 Å². The number of rotatable bonds is 3. The van der Waals surface area contributed by atoms with E-state index in [1.807, 2.05) is 49.4 Å². The van der Waals surface area contributed by atoms with E-state index in [2.05, 4.69) is 22.1 Å². The van der Waals surface area contributed by atoms with Crippen LogP contribution in [0.15, 0.2) is 42.5 Å². The number of anilines is 2. The molecular weight excluding hydrogens is 336 g/mol. The summed E-state index contributed by atoms with van der Waals surface area (Å²) in [7, 11) is 0. The fraction of sp³-hybridized carbons (Fsp3) is 0.318. The van der Waals surface area contributed by atoms with E-state index >= 15 is 0 Å². The summed E-state index contributed by atoms with van der Waals surface area (Å²) in [6, 6.07) is 13.6. The molecule has 2 aromatic carbocycles. The molecule has 4 rings (SSSR count). The van der Waals surface area contributed by atoms with E-state index in [1.54, 1.807) is 0 Å². The lowest BCUT2D eigenvalue weighted by atomic mass is 10.1. The average molecular weight is 360 g/mol. The summed E-state index contributed by atoms with van der Waals surface area (Å²) in [5, 5.41) is 3.00. The van der Waals surface area contributed by atoms with Gasteiger partial charge in [-0.3, -0.25) is 4.79 Å². The molecule has 1 fully saturated rings. The maximum absolute atomic E-state index is 13.1. The van der Waals surface area contributed by atoms with Crippen LogP contribution in [0.2, 0.25) is 0 Å². The van der Waals surface area contributed by atoms with E-state index in [0.717, 1.165) is 48.2 Å². The zero-order valence-electron chi connectivity index (χ0n) is 15.8. The topological polar surface area (TPSA) is 58.1 Å². The standard InChI is InChI=1S/C22H24N4O/c1-15-10-11-17(14-16(15)2)23-22(27)20-21(26-12-6-3-7-13-26)25-19-9-5-4-8-18(19)24-20/h4-5,8-11,14H,3,6-7,12-13H2,1-2H3,(H,23,27). The van der Waals surface area contributed by atoms with Crippen molar-refractivity contribution in [3.63, 3.8) is 0 Å². The molecular formula is C22H24N4O. The fourth-order valence-electron chi connectivity index (χ4n) is 3.48. The van der Waals surface area contributed by atoms with Crippen LogP contribution >= 0.6 is 0 Å². The Bertz CT molecular complexity index is 993. The summed E-state index contributed by atoms with van der Waals surface area (Å²) in [5.41, 5.74) is 5.09. The minimum absolute atomic E-state index is 0.211. The molecule has 1 aliphatic rings. The molecule has 1 aromatic heterocycles. The number of carbonyl (C=O) groups is 1. The maximum atomic E-state index is 13.1. The minimum atomic E-state index is -0.211. The minimum Gasteiger partial charge on any atom is -0.355 e. The molecule has 0 unspecified atom stereocenters. The summed E-state index contributed by atoms with van der Waals surface area (Å²) >= 11 is 0. The normalized spacial score (nSPS) is 14.4. The number of piperidine rings is 1. The van der Waals surface area contributed by atoms with Crippen LogP contribution < -0.4 is 10.2 Å². The maximum Gasteiger partial charge on any atom is 0.278 e. The van der Waals surface area contributed by atoms with Crippen LogP contribution in [0.25, 0.3) is 11.0 Å². The van der Waals surface area contributed by atoms with Crippen molar-refractivity contribution >= 4 is 28.4 Å². The van der Waals surface area contributed by atoms with Crippen molar-refractivity contribution in [2.75, 3.05) is 23.3 Å². The Morgan fingerprint density at radius 2 is 1.63 bits per heavy atom. The molecule has 138 valence electrons. The highest BCUT2D eigenvalue weighted by Gasteiger charge is 2.23. The highest BCUT2D eigenvalue weighted by molar-refractivity contribution is 6.07. The van der Waals surface area contributed by atoms with Crippen LogP contribution in [-0.2, 0) is 0 Å². The third-order valence-electron chi connectivity index (χ3n) is 5.19. The van der Waals surface area contributed by atoms with Gasteiger partial charge in [-0.05, 0) is 68.5 Å². The van der Waals surface area contributed by atoms with Crippen molar-refractivity contribution in [2.24, 2.45) is 0 Å². The Hall–Kier alpha value is -2.95. The summed E-state index contributed by atoms with van der Waals surface area (Å²) < 4.78 is 0. The Morgan fingerprint density at radius 1 is 0.926 bits per heavy atom. The van der Waals surface area contributed by atoms with Crippen LogP contribution in [0, 0.1) is 13.8 Å². The van der Waals surface area contributed by atoms with E-state index in [4.69, 9.17) is 4.98 Å². The molecule has 0 spiro atoms. The molecule has 3 aromatic rings. The number of benzene rings is 2. The van der Waals surface area contributed by atoms with Crippen molar-refractivity contribution in [2.45, 2.75) is 33.1 Å². The monoisotopic (exact) mass is 360 g/mol. The van der Waals surface area contributed by atoms with Crippen molar-refractivity contribution in [1.29, 1.82) is 0 Å². The highest BCUT2D eigenvalue weighted by Crippen LogP contribution is 2.25. The van der Waals surface area contributed by atoms with Crippen LogP contribution in [0.5, 0.6) is 0 Å². The van der Waals surface area contributed by atoms with Gasteiger partial charge in [-0.25, -0.2) is 9.97 Å². The first-order valence-corrected chi connectivity index (χ1v) is 9.52. The van der Waals surface area contributed by atoms with Crippen LogP contribution in [0.4, 0.5) is 11.5 Å². The summed E-state index contributed by atoms with van der Waals surface area (Å²) in [6.07, 6.45) is 3.46. The zero-order valence-corrected chi connectivity index (χ0v) is 15.8. The SMILES string of the molecule is Cc1ccc(NC(=O)c2nc3ccccc3nc2N2CCCCC2)cc1C. The molecule has 0 atom stereocenters. The summed E-state index contributed by atoms with van der Waals surface area (Å²) in [4.78, 5) is 24.7.